The average molecular weight is 605 g/mol. The van der Waals surface area contributed by atoms with Gasteiger partial charge in [-0.1, -0.05) is 24.3 Å². The fraction of sp³-hybridized carbons (Fsp3) is 0.448. The Morgan fingerprint density at radius 1 is 1.14 bits per heavy atom. The number of thiophene rings is 1. The van der Waals surface area contributed by atoms with Crippen molar-refractivity contribution >= 4 is 39.5 Å². The van der Waals surface area contributed by atoms with E-state index in [1.807, 2.05) is 43.1 Å². The second-order valence-corrected chi connectivity index (χ2v) is 11.0. The van der Waals surface area contributed by atoms with E-state index >= 15 is 0 Å². The van der Waals surface area contributed by atoms with E-state index in [1.54, 1.807) is 32.6 Å². The van der Waals surface area contributed by atoms with Gasteiger partial charge in [0.05, 0.1) is 44.4 Å². The summed E-state index contributed by atoms with van der Waals surface area (Å²) in [5.74, 6) is 1.40. The van der Waals surface area contributed by atoms with Crippen LogP contribution in [0.4, 0.5) is 19.0 Å². The van der Waals surface area contributed by atoms with E-state index in [4.69, 9.17) is 14.2 Å². The summed E-state index contributed by atoms with van der Waals surface area (Å²) in [6.45, 7) is 2.49. The van der Waals surface area contributed by atoms with Crippen LogP contribution in [-0.2, 0) is 27.2 Å². The largest absolute Gasteiger partial charge is 0.491 e. The molecule has 13 heteroatoms. The van der Waals surface area contributed by atoms with Crippen LogP contribution >= 0.6 is 11.3 Å². The highest BCUT2D eigenvalue weighted by Gasteiger charge is 2.38. The van der Waals surface area contributed by atoms with Crippen molar-refractivity contribution in [1.29, 1.82) is 0 Å². The van der Waals surface area contributed by atoms with E-state index in [9.17, 15) is 13.2 Å². The Hall–Kier alpha value is -3.55. The Bertz CT molecular complexity index is 1420. The maximum Gasteiger partial charge on any atom is 0.393 e. The average Bonchev–Trinajstić information content (AvgIpc) is 3.58. The maximum absolute atomic E-state index is 13.0. The molecule has 1 fully saturated rings. The molecule has 2 aromatic heterocycles. The normalized spacial score (nSPS) is 20.0. The molecule has 4 rings (SSSR count). The van der Waals surface area contributed by atoms with Crippen molar-refractivity contribution in [1.82, 2.24) is 15.3 Å². The van der Waals surface area contributed by atoms with E-state index in [2.05, 4.69) is 25.5 Å². The second-order valence-electron chi connectivity index (χ2n) is 9.87. The van der Waals surface area contributed by atoms with Crippen LogP contribution in [0.2, 0.25) is 0 Å². The smallest absolute Gasteiger partial charge is 0.393 e. The number of allylic oxidation sites excluding steroid dienone is 1. The molecule has 1 saturated carbocycles. The van der Waals surface area contributed by atoms with Gasteiger partial charge in [-0.25, -0.2) is 9.97 Å². The highest BCUT2D eigenvalue weighted by atomic mass is 32.1. The van der Waals surface area contributed by atoms with Gasteiger partial charge < -0.3 is 24.4 Å². The summed E-state index contributed by atoms with van der Waals surface area (Å²) < 4.78 is 55.2. The first kappa shape index (κ1) is 31.4. The number of anilines is 1. The maximum atomic E-state index is 13.0. The van der Waals surface area contributed by atoms with Gasteiger partial charge in [-0.2, -0.15) is 18.3 Å². The minimum atomic E-state index is -4.27. The van der Waals surface area contributed by atoms with Crippen LogP contribution in [0.3, 0.4) is 0 Å². The minimum Gasteiger partial charge on any atom is -0.491 e. The zero-order chi connectivity index (χ0) is 30.3. The Kier molecular flexibility index (Phi) is 10.5. The summed E-state index contributed by atoms with van der Waals surface area (Å²) >= 11 is 1.05. The van der Waals surface area contributed by atoms with Crippen LogP contribution in [0.15, 0.2) is 58.7 Å². The van der Waals surface area contributed by atoms with E-state index in [-0.39, 0.29) is 29.0 Å². The topological polar surface area (TPSA) is 93.5 Å². The van der Waals surface area contributed by atoms with E-state index in [0.29, 0.717) is 28.3 Å². The highest BCUT2D eigenvalue weighted by Crippen LogP contribution is 2.36. The molecule has 0 bridgehead atoms. The SMILES string of the molecule is C\C=C(OC)/C(=N\N=C\c1ccc(CNC2CC(OC)C(N(C)c3ncnc4sc(CC(F)(F)F)cc34)C2)cc1)OC. The molecule has 226 valence electrons. The van der Waals surface area contributed by atoms with Crippen LogP contribution < -0.4 is 10.2 Å². The van der Waals surface area contributed by atoms with Gasteiger partial charge in [-0.15, -0.1) is 16.4 Å². The molecule has 1 aromatic carbocycles. The molecule has 1 N–H and O–H groups in total. The number of nitrogens with zero attached hydrogens (tertiary/aromatic N) is 5. The molecule has 9 nitrogen and oxygen atoms in total. The van der Waals surface area contributed by atoms with Gasteiger partial charge in [-0.05, 0) is 43.0 Å². The summed E-state index contributed by atoms with van der Waals surface area (Å²) in [6.07, 6.45) is 1.06. The molecular weight excluding hydrogens is 569 g/mol. The van der Waals surface area contributed by atoms with Crippen molar-refractivity contribution in [2.75, 3.05) is 33.3 Å². The Morgan fingerprint density at radius 2 is 1.90 bits per heavy atom. The number of nitrogens with one attached hydrogen (secondary N) is 1. The lowest BCUT2D eigenvalue weighted by Gasteiger charge is -2.30. The second kappa shape index (κ2) is 14.1. The van der Waals surface area contributed by atoms with Crippen LogP contribution in [0.5, 0.6) is 0 Å². The van der Waals surface area contributed by atoms with E-state index < -0.39 is 12.6 Å². The zero-order valence-corrected chi connectivity index (χ0v) is 25.0. The quantitative estimate of drug-likeness (QED) is 0.134. The predicted octanol–water partition coefficient (Wildman–Crippen LogP) is 5.50. The van der Waals surface area contributed by atoms with Crippen molar-refractivity contribution in [3.8, 4) is 0 Å². The van der Waals surface area contributed by atoms with Crippen molar-refractivity contribution in [2.45, 2.75) is 57.1 Å². The molecule has 2 heterocycles. The molecular formula is C29H35F3N6O3S. The standard InChI is InChI=1S/C29H35F3N6O3S/c1-6-24(39-3)27(41-5)37-36-16-19-9-7-18(8-10-19)15-33-20-11-23(25(12-20)40-4)38(2)26-22-13-21(14-29(30,31)32)42-28(22)35-17-34-26/h6-10,13,16-17,20,23,25,33H,11-12,14-15H2,1-5H3/b24-6+,36-16+,37-27+. The number of benzene rings is 1. The van der Waals surface area contributed by atoms with Crippen molar-refractivity contribution < 1.29 is 27.4 Å². The molecule has 1 aliphatic carbocycles. The van der Waals surface area contributed by atoms with Gasteiger partial charge in [0.2, 0.25) is 0 Å². The molecule has 3 unspecified atom stereocenters. The first-order chi connectivity index (χ1) is 20.1. The number of alkyl halides is 3. The monoisotopic (exact) mass is 604 g/mol. The van der Waals surface area contributed by atoms with Crippen LogP contribution in [0.25, 0.3) is 10.2 Å². The molecule has 3 atom stereocenters. The molecule has 42 heavy (non-hydrogen) atoms. The number of halogens is 3. The van der Waals surface area contributed by atoms with Crippen molar-refractivity contribution in [3.05, 3.63) is 64.5 Å². The zero-order valence-electron chi connectivity index (χ0n) is 24.2. The third kappa shape index (κ3) is 7.84. The fourth-order valence-corrected chi connectivity index (χ4v) is 6.09. The lowest BCUT2D eigenvalue weighted by molar-refractivity contribution is -0.126. The Morgan fingerprint density at radius 3 is 2.55 bits per heavy atom. The summed E-state index contributed by atoms with van der Waals surface area (Å²) in [5.41, 5.74) is 2.00. The van der Waals surface area contributed by atoms with Gasteiger partial charge in [0, 0.05) is 31.6 Å². The first-order valence-corrected chi connectivity index (χ1v) is 14.2. The minimum absolute atomic E-state index is 0.00567. The van der Waals surface area contributed by atoms with Crippen molar-refractivity contribution in [2.24, 2.45) is 10.2 Å². The van der Waals surface area contributed by atoms with Gasteiger partial charge in [0.25, 0.3) is 5.90 Å². The number of hydrogen-bond acceptors (Lipinski definition) is 10. The number of likely N-dealkylation sites (N-methyl/N-ethyl adjacent to an activating group) is 1. The van der Waals surface area contributed by atoms with Gasteiger partial charge in [0.15, 0.2) is 5.76 Å². The van der Waals surface area contributed by atoms with Gasteiger partial charge in [0.1, 0.15) is 17.0 Å². The van der Waals surface area contributed by atoms with Crippen LogP contribution in [0, 0.1) is 0 Å². The first-order valence-electron chi connectivity index (χ1n) is 13.4. The lowest BCUT2D eigenvalue weighted by Crippen LogP contribution is -2.39. The summed E-state index contributed by atoms with van der Waals surface area (Å²) in [7, 11) is 6.65. The number of rotatable bonds is 11. The third-order valence-corrected chi connectivity index (χ3v) is 8.20. The number of ether oxygens (including phenoxy) is 3. The molecule has 0 saturated heterocycles. The van der Waals surface area contributed by atoms with Gasteiger partial charge >= 0.3 is 6.18 Å². The third-order valence-electron chi connectivity index (χ3n) is 7.16. The molecule has 0 amide bonds. The summed E-state index contributed by atoms with van der Waals surface area (Å²) in [4.78, 5) is 11.4. The molecule has 1 aliphatic rings. The Balaban J connectivity index is 1.37. The number of hydrogen-bond donors (Lipinski definition) is 1. The number of aromatic nitrogens is 2. The van der Waals surface area contributed by atoms with Crippen LogP contribution in [-0.4, -0.2) is 74.8 Å². The molecule has 0 aliphatic heterocycles. The molecule has 0 spiro atoms. The predicted molar refractivity (Wildman–Crippen MR) is 159 cm³/mol. The molecule has 3 aromatic rings. The van der Waals surface area contributed by atoms with Gasteiger partial charge in [-0.3, -0.25) is 0 Å². The lowest BCUT2D eigenvalue weighted by atomic mass is 10.1. The molecule has 0 radical (unpaired) electrons. The van der Waals surface area contributed by atoms with Crippen molar-refractivity contribution in [3.63, 3.8) is 0 Å². The van der Waals surface area contributed by atoms with E-state index in [1.165, 1.54) is 13.4 Å². The summed E-state index contributed by atoms with van der Waals surface area (Å²) in [5, 5.41) is 12.4. The highest BCUT2D eigenvalue weighted by molar-refractivity contribution is 7.18. The summed E-state index contributed by atoms with van der Waals surface area (Å²) in [6, 6.07) is 9.73. The Labute approximate surface area is 247 Å². The number of fused-ring (bicyclic) bond motifs is 1. The van der Waals surface area contributed by atoms with E-state index in [0.717, 1.165) is 35.3 Å². The fourth-order valence-electron chi connectivity index (χ4n) is 5.07. The van der Waals surface area contributed by atoms with Crippen LogP contribution in [0.1, 0.15) is 35.8 Å². The number of methoxy groups -OCH3 is 3.